The van der Waals surface area contributed by atoms with Crippen LogP contribution in [0.3, 0.4) is 0 Å². The Morgan fingerprint density at radius 3 is 2.58 bits per heavy atom. The van der Waals surface area contributed by atoms with Crippen LogP contribution in [0.15, 0.2) is 24.3 Å². The van der Waals surface area contributed by atoms with Gasteiger partial charge in [0.2, 0.25) is 5.91 Å². The van der Waals surface area contributed by atoms with Crippen LogP contribution in [0.1, 0.15) is 36.0 Å². The van der Waals surface area contributed by atoms with Gasteiger partial charge < -0.3 is 15.1 Å². The molecule has 6 heteroatoms. The number of carbonyl (C=O) groups excluding carboxylic acids is 2. The maximum absolute atomic E-state index is 13.8. The number of nitrogens with zero attached hydrogens (tertiary/aromatic N) is 2. The number of hydrogen-bond donors (Lipinski definition) is 1. The fourth-order valence-electron chi connectivity index (χ4n) is 3.45. The van der Waals surface area contributed by atoms with Crippen molar-refractivity contribution < 1.29 is 14.0 Å². The summed E-state index contributed by atoms with van der Waals surface area (Å²) in [7, 11) is 0. The van der Waals surface area contributed by atoms with E-state index in [0.29, 0.717) is 32.6 Å². The van der Waals surface area contributed by atoms with E-state index in [1.54, 1.807) is 17.0 Å². The topological polar surface area (TPSA) is 52.7 Å². The van der Waals surface area contributed by atoms with Gasteiger partial charge in [-0.25, -0.2) is 4.39 Å². The fraction of sp³-hybridized carbons (Fsp3) is 0.556. The lowest BCUT2D eigenvalue weighted by atomic mass is 10.1. The van der Waals surface area contributed by atoms with E-state index in [4.69, 9.17) is 0 Å². The van der Waals surface area contributed by atoms with E-state index < -0.39 is 5.82 Å². The Labute approximate surface area is 141 Å². The van der Waals surface area contributed by atoms with E-state index in [1.807, 2.05) is 4.90 Å². The Kier molecular flexibility index (Phi) is 5.45. The maximum atomic E-state index is 13.8. The molecular weight excluding hydrogens is 309 g/mol. The molecule has 0 spiro atoms. The van der Waals surface area contributed by atoms with Gasteiger partial charge in [-0.3, -0.25) is 9.59 Å². The van der Waals surface area contributed by atoms with Crippen molar-refractivity contribution in [2.45, 2.75) is 31.7 Å². The molecule has 1 atom stereocenters. The molecule has 2 heterocycles. The van der Waals surface area contributed by atoms with Gasteiger partial charge in [0.1, 0.15) is 5.82 Å². The van der Waals surface area contributed by atoms with Crippen LogP contribution in [0.25, 0.3) is 0 Å². The van der Waals surface area contributed by atoms with Crippen LogP contribution in [0.4, 0.5) is 4.39 Å². The molecule has 2 amide bonds. The number of amides is 2. The molecular formula is C18H24FN3O2. The minimum Gasteiger partial charge on any atom is -0.341 e. The molecule has 2 aliphatic heterocycles. The van der Waals surface area contributed by atoms with Crippen molar-refractivity contribution in [2.24, 2.45) is 0 Å². The summed E-state index contributed by atoms with van der Waals surface area (Å²) in [5.74, 6) is -0.638. The summed E-state index contributed by atoms with van der Waals surface area (Å²) >= 11 is 0. The smallest absolute Gasteiger partial charge is 0.256 e. The summed E-state index contributed by atoms with van der Waals surface area (Å²) < 4.78 is 13.8. The summed E-state index contributed by atoms with van der Waals surface area (Å²) in [6, 6.07) is 6.34. The highest BCUT2D eigenvalue weighted by Crippen LogP contribution is 2.15. The van der Waals surface area contributed by atoms with Crippen LogP contribution < -0.4 is 5.32 Å². The van der Waals surface area contributed by atoms with Crippen LogP contribution in [0.5, 0.6) is 0 Å². The molecule has 1 aromatic rings. The fourth-order valence-corrected chi connectivity index (χ4v) is 3.45. The molecule has 2 fully saturated rings. The van der Waals surface area contributed by atoms with Gasteiger partial charge in [0.05, 0.1) is 5.56 Å². The highest BCUT2D eigenvalue weighted by Gasteiger charge is 2.26. The van der Waals surface area contributed by atoms with Gasteiger partial charge in [-0.05, 0) is 37.9 Å². The van der Waals surface area contributed by atoms with Crippen LogP contribution in [-0.2, 0) is 4.79 Å². The highest BCUT2D eigenvalue weighted by molar-refractivity contribution is 5.94. The van der Waals surface area contributed by atoms with Crippen LogP contribution in [0, 0.1) is 5.82 Å². The standard InChI is InChI=1S/C18H24FN3O2/c19-16-7-2-1-6-15(16)18(24)22-10-4-9-21(11-12-22)17(23)13-14-5-3-8-20-14/h1-2,6-7,14,20H,3-5,8-13H2. The van der Waals surface area contributed by atoms with E-state index in [-0.39, 0.29) is 23.4 Å². The Bertz CT molecular complexity index is 602. The average molecular weight is 333 g/mol. The van der Waals surface area contributed by atoms with Crippen molar-refractivity contribution in [2.75, 3.05) is 32.7 Å². The van der Waals surface area contributed by atoms with Gasteiger partial charge in [0, 0.05) is 38.6 Å². The van der Waals surface area contributed by atoms with E-state index in [1.165, 1.54) is 12.1 Å². The van der Waals surface area contributed by atoms with Crippen LogP contribution >= 0.6 is 0 Å². The molecule has 1 unspecified atom stereocenters. The summed E-state index contributed by atoms with van der Waals surface area (Å²) in [5.41, 5.74) is 0.104. The largest absolute Gasteiger partial charge is 0.341 e. The van der Waals surface area contributed by atoms with E-state index in [0.717, 1.165) is 25.8 Å². The number of hydrogen-bond acceptors (Lipinski definition) is 3. The van der Waals surface area contributed by atoms with E-state index in [9.17, 15) is 14.0 Å². The summed E-state index contributed by atoms with van der Waals surface area (Å²) in [4.78, 5) is 28.4. The second-order valence-corrected chi connectivity index (χ2v) is 6.50. The lowest BCUT2D eigenvalue weighted by Gasteiger charge is -2.23. The minimum atomic E-state index is -0.494. The lowest BCUT2D eigenvalue weighted by molar-refractivity contribution is -0.131. The molecule has 130 valence electrons. The normalized spacial score (nSPS) is 21.6. The van der Waals surface area contributed by atoms with E-state index in [2.05, 4.69) is 5.32 Å². The van der Waals surface area contributed by atoms with Crippen molar-refractivity contribution in [1.82, 2.24) is 15.1 Å². The zero-order valence-corrected chi connectivity index (χ0v) is 13.8. The summed E-state index contributed by atoms with van der Waals surface area (Å²) in [5, 5.41) is 3.34. The molecule has 24 heavy (non-hydrogen) atoms. The number of nitrogens with one attached hydrogen (secondary N) is 1. The van der Waals surface area contributed by atoms with Gasteiger partial charge in [-0.1, -0.05) is 12.1 Å². The SMILES string of the molecule is O=C(CC1CCCN1)N1CCCN(C(=O)c2ccccc2F)CC1. The molecule has 0 saturated carbocycles. The third-order valence-corrected chi connectivity index (χ3v) is 4.82. The first kappa shape index (κ1) is 16.9. The second kappa shape index (κ2) is 7.75. The summed E-state index contributed by atoms with van der Waals surface area (Å²) in [6.07, 6.45) is 3.44. The van der Waals surface area contributed by atoms with Gasteiger partial charge in [-0.2, -0.15) is 0 Å². The molecule has 0 aromatic heterocycles. The maximum Gasteiger partial charge on any atom is 0.256 e. The van der Waals surface area contributed by atoms with E-state index >= 15 is 0 Å². The zero-order chi connectivity index (χ0) is 16.9. The van der Waals surface area contributed by atoms with Gasteiger partial charge in [-0.15, -0.1) is 0 Å². The Hall–Kier alpha value is -1.95. The monoisotopic (exact) mass is 333 g/mol. The van der Waals surface area contributed by atoms with Crippen molar-refractivity contribution in [3.8, 4) is 0 Å². The van der Waals surface area contributed by atoms with Crippen molar-refractivity contribution in [1.29, 1.82) is 0 Å². The first-order valence-electron chi connectivity index (χ1n) is 8.70. The van der Waals surface area contributed by atoms with Gasteiger partial charge in [0.25, 0.3) is 5.91 Å². The predicted octanol–water partition coefficient (Wildman–Crippen LogP) is 1.64. The quantitative estimate of drug-likeness (QED) is 0.915. The van der Waals surface area contributed by atoms with Crippen LogP contribution in [-0.4, -0.2) is 60.4 Å². The van der Waals surface area contributed by atoms with Crippen molar-refractivity contribution in [3.05, 3.63) is 35.6 Å². The van der Waals surface area contributed by atoms with Crippen LogP contribution in [0.2, 0.25) is 0 Å². The first-order chi connectivity index (χ1) is 11.6. The minimum absolute atomic E-state index is 0.104. The highest BCUT2D eigenvalue weighted by atomic mass is 19.1. The molecule has 2 saturated heterocycles. The third kappa shape index (κ3) is 3.93. The molecule has 2 aliphatic rings. The Morgan fingerprint density at radius 2 is 1.83 bits per heavy atom. The third-order valence-electron chi connectivity index (χ3n) is 4.82. The first-order valence-corrected chi connectivity index (χ1v) is 8.70. The van der Waals surface area contributed by atoms with Crippen molar-refractivity contribution in [3.63, 3.8) is 0 Å². The molecule has 0 radical (unpaired) electrons. The van der Waals surface area contributed by atoms with Crippen molar-refractivity contribution >= 4 is 11.8 Å². The molecule has 1 N–H and O–H groups in total. The molecule has 1 aromatic carbocycles. The number of carbonyl (C=O) groups is 2. The van der Waals surface area contributed by atoms with Gasteiger partial charge in [0.15, 0.2) is 0 Å². The Morgan fingerprint density at radius 1 is 1.08 bits per heavy atom. The number of rotatable bonds is 3. The molecule has 0 bridgehead atoms. The molecule has 3 rings (SSSR count). The zero-order valence-electron chi connectivity index (χ0n) is 13.8. The number of halogens is 1. The molecule has 0 aliphatic carbocycles. The number of benzene rings is 1. The summed E-state index contributed by atoms with van der Waals surface area (Å²) in [6.45, 7) is 3.18. The predicted molar refractivity (Wildman–Crippen MR) is 89.1 cm³/mol. The van der Waals surface area contributed by atoms with Gasteiger partial charge >= 0.3 is 0 Å². The average Bonchev–Trinajstić information content (AvgIpc) is 2.96. The molecule has 5 nitrogen and oxygen atoms in total. The Balaban J connectivity index is 1.57. The lowest BCUT2D eigenvalue weighted by Crippen LogP contribution is -2.39. The second-order valence-electron chi connectivity index (χ2n) is 6.50.